The summed E-state index contributed by atoms with van der Waals surface area (Å²) < 4.78 is 0. The van der Waals surface area contributed by atoms with Crippen LogP contribution in [0.3, 0.4) is 0 Å². The summed E-state index contributed by atoms with van der Waals surface area (Å²) in [6, 6.07) is 22.0. The van der Waals surface area contributed by atoms with Gasteiger partial charge in [0.2, 0.25) is 0 Å². The van der Waals surface area contributed by atoms with E-state index in [0.717, 1.165) is 26.5 Å². The lowest BCUT2D eigenvalue weighted by molar-refractivity contribution is 0.191. The Morgan fingerprint density at radius 3 is 2.44 bits per heavy atom. The van der Waals surface area contributed by atoms with Gasteiger partial charge in [-0.15, -0.1) is 11.3 Å². The zero-order chi connectivity index (χ0) is 17.1. The molecule has 1 atom stereocenters. The van der Waals surface area contributed by atoms with Crippen molar-refractivity contribution in [2.45, 2.75) is 6.10 Å². The molecule has 0 bridgehead atoms. The van der Waals surface area contributed by atoms with Crippen LogP contribution in [0.1, 0.15) is 11.7 Å². The molecule has 0 unspecified atom stereocenters. The fourth-order valence-corrected chi connectivity index (χ4v) is 3.73. The summed E-state index contributed by atoms with van der Waals surface area (Å²) in [6.45, 7) is 0.395. The molecule has 0 spiro atoms. The molecule has 0 amide bonds. The van der Waals surface area contributed by atoms with E-state index in [0.29, 0.717) is 6.54 Å². The number of benzene rings is 2. The van der Waals surface area contributed by atoms with E-state index in [-0.39, 0.29) is 0 Å². The second-order valence-electron chi connectivity index (χ2n) is 5.73. The van der Waals surface area contributed by atoms with Crippen LogP contribution < -0.4 is 5.32 Å². The highest BCUT2D eigenvalue weighted by atomic mass is 32.1. The lowest BCUT2D eigenvalue weighted by Crippen LogP contribution is -2.13. The van der Waals surface area contributed by atoms with E-state index in [1.165, 1.54) is 5.56 Å². The van der Waals surface area contributed by atoms with Crippen LogP contribution in [0, 0.1) is 0 Å². The number of fused-ring (bicyclic) bond motifs is 1. The van der Waals surface area contributed by atoms with E-state index in [1.54, 1.807) is 17.7 Å². The van der Waals surface area contributed by atoms with Gasteiger partial charge < -0.3 is 10.4 Å². The monoisotopic (exact) mass is 347 g/mol. The average molecular weight is 347 g/mol. The van der Waals surface area contributed by atoms with Crippen molar-refractivity contribution < 1.29 is 5.11 Å². The molecular formula is C20H17N3OS. The number of aromatic nitrogens is 2. The number of nitrogens with one attached hydrogen (secondary N) is 1. The van der Waals surface area contributed by atoms with Crippen LogP contribution in [0.2, 0.25) is 0 Å². The largest absolute Gasteiger partial charge is 0.387 e. The number of aliphatic hydroxyl groups excluding tert-OH is 1. The summed E-state index contributed by atoms with van der Waals surface area (Å²) >= 11 is 1.64. The molecule has 124 valence electrons. The third kappa shape index (κ3) is 3.38. The molecule has 4 rings (SSSR count). The van der Waals surface area contributed by atoms with Crippen molar-refractivity contribution in [3.8, 4) is 10.4 Å². The summed E-state index contributed by atoms with van der Waals surface area (Å²) in [6.07, 6.45) is 0.976. The second-order valence-corrected chi connectivity index (χ2v) is 6.76. The Morgan fingerprint density at radius 2 is 1.68 bits per heavy atom. The van der Waals surface area contributed by atoms with Crippen LogP contribution in [0.15, 0.2) is 73.1 Å². The van der Waals surface area contributed by atoms with Gasteiger partial charge in [-0.05, 0) is 17.2 Å². The lowest BCUT2D eigenvalue weighted by atomic mass is 10.1. The van der Waals surface area contributed by atoms with E-state index in [2.05, 4.69) is 33.5 Å². The highest BCUT2D eigenvalue weighted by Gasteiger charge is 2.12. The fraction of sp³-hybridized carbons (Fsp3) is 0.100. The standard InChI is InChI=1S/C20H17N3OS/c24-17(14-7-3-1-4-8-14)12-21-19-16-11-18(15-9-5-2-6-10-15)25-20(16)23-13-22-19/h1-11,13,17,24H,12H2,(H,21,22,23)/t17-/m0/s1. The molecule has 2 heterocycles. The van der Waals surface area contributed by atoms with Gasteiger partial charge in [0.05, 0.1) is 11.5 Å². The Kier molecular flexibility index (Phi) is 4.41. The molecule has 5 heteroatoms. The van der Waals surface area contributed by atoms with Gasteiger partial charge in [-0.1, -0.05) is 60.7 Å². The first-order valence-electron chi connectivity index (χ1n) is 8.08. The number of thiophene rings is 1. The summed E-state index contributed by atoms with van der Waals surface area (Å²) in [7, 11) is 0. The maximum absolute atomic E-state index is 10.3. The van der Waals surface area contributed by atoms with Gasteiger partial charge in [-0.3, -0.25) is 0 Å². The summed E-state index contributed by atoms with van der Waals surface area (Å²) in [5, 5.41) is 14.6. The topological polar surface area (TPSA) is 58.0 Å². The predicted molar refractivity (Wildman–Crippen MR) is 103 cm³/mol. The Morgan fingerprint density at radius 1 is 0.960 bits per heavy atom. The minimum atomic E-state index is -0.585. The Balaban J connectivity index is 1.59. The van der Waals surface area contributed by atoms with Gasteiger partial charge in [-0.25, -0.2) is 9.97 Å². The summed E-state index contributed by atoms with van der Waals surface area (Å²) in [4.78, 5) is 10.8. The van der Waals surface area contributed by atoms with Gasteiger partial charge in [0.25, 0.3) is 0 Å². The van der Waals surface area contributed by atoms with Crippen molar-refractivity contribution >= 4 is 27.4 Å². The van der Waals surface area contributed by atoms with Gasteiger partial charge in [-0.2, -0.15) is 0 Å². The molecule has 4 aromatic rings. The maximum Gasteiger partial charge on any atom is 0.138 e. The minimum absolute atomic E-state index is 0.395. The van der Waals surface area contributed by atoms with Crippen LogP contribution in [-0.2, 0) is 0 Å². The molecule has 25 heavy (non-hydrogen) atoms. The summed E-state index contributed by atoms with van der Waals surface area (Å²) in [5.74, 6) is 0.749. The number of nitrogens with zero attached hydrogens (tertiary/aromatic N) is 2. The average Bonchev–Trinajstić information content (AvgIpc) is 3.12. The maximum atomic E-state index is 10.3. The number of rotatable bonds is 5. The van der Waals surface area contributed by atoms with Crippen molar-refractivity contribution in [1.82, 2.24) is 9.97 Å². The quantitative estimate of drug-likeness (QED) is 0.558. The van der Waals surface area contributed by atoms with E-state index in [1.807, 2.05) is 48.5 Å². The number of anilines is 1. The Labute approximate surface area is 149 Å². The third-order valence-electron chi connectivity index (χ3n) is 4.03. The summed E-state index contributed by atoms with van der Waals surface area (Å²) in [5.41, 5.74) is 2.05. The van der Waals surface area contributed by atoms with Crippen molar-refractivity contribution in [3.05, 3.63) is 78.6 Å². The molecule has 2 aromatic carbocycles. The van der Waals surface area contributed by atoms with Crippen LogP contribution in [0.5, 0.6) is 0 Å². The molecule has 0 saturated heterocycles. The Bertz CT molecular complexity index is 970. The van der Waals surface area contributed by atoms with Gasteiger partial charge >= 0.3 is 0 Å². The molecule has 0 aliphatic heterocycles. The smallest absolute Gasteiger partial charge is 0.138 e. The zero-order valence-corrected chi connectivity index (χ0v) is 14.3. The second kappa shape index (κ2) is 7.01. The normalized spacial score (nSPS) is 12.2. The third-order valence-corrected chi connectivity index (χ3v) is 5.13. The molecule has 2 aromatic heterocycles. The highest BCUT2D eigenvalue weighted by Crippen LogP contribution is 2.34. The van der Waals surface area contributed by atoms with Gasteiger partial charge in [0.1, 0.15) is 17.0 Å². The highest BCUT2D eigenvalue weighted by molar-refractivity contribution is 7.21. The molecule has 0 saturated carbocycles. The molecule has 4 nitrogen and oxygen atoms in total. The number of hydrogen-bond acceptors (Lipinski definition) is 5. The first-order valence-corrected chi connectivity index (χ1v) is 8.90. The van der Waals surface area contributed by atoms with Crippen LogP contribution in [-0.4, -0.2) is 21.6 Å². The van der Waals surface area contributed by atoms with E-state index in [9.17, 15) is 5.11 Å². The first-order chi connectivity index (χ1) is 12.3. The SMILES string of the molecule is O[C@@H](CNc1ncnc2sc(-c3ccccc3)cc12)c1ccccc1. The van der Waals surface area contributed by atoms with Crippen LogP contribution >= 0.6 is 11.3 Å². The molecule has 0 aliphatic carbocycles. The minimum Gasteiger partial charge on any atom is -0.387 e. The lowest BCUT2D eigenvalue weighted by Gasteiger charge is -2.12. The zero-order valence-electron chi connectivity index (χ0n) is 13.5. The van der Waals surface area contributed by atoms with Crippen molar-refractivity contribution in [1.29, 1.82) is 0 Å². The molecule has 0 fully saturated rings. The van der Waals surface area contributed by atoms with Crippen LogP contribution in [0.4, 0.5) is 5.82 Å². The number of aliphatic hydroxyl groups is 1. The Hall–Kier alpha value is -2.76. The van der Waals surface area contributed by atoms with Crippen LogP contribution in [0.25, 0.3) is 20.7 Å². The van der Waals surface area contributed by atoms with Crippen molar-refractivity contribution in [2.75, 3.05) is 11.9 Å². The number of hydrogen-bond donors (Lipinski definition) is 2. The molecule has 2 N–H and O–H groups in total. The molecule has 0 radical (unpaired) electrons. The van der Waals surface area contributed by atoms with E-state index >= 15 is 0 Å². The van der Waals surface area contributed by atoms with E-state index < -0.39 is 6.10 Å². The molecule has 0 aliphatic rings. The van der Waals surface area contributed by atoms with E-state index in [4.69, 9.17) is 0 Å². The van der Waals surface area contributed by atoms with Crippen molar-refractivity contribution in [2.24, 2.45) is 0 Å². The molecular weight excluding hydrogens is 330 g/mol. The first kappa shape index (κ1) is 15.7. The van der Waals surface area contributed by atoms with Gasteiger partial charge in [0, 0.05) is 11.4 Å². The predicted octanol–water partition coefficient (Wildman–Crippen LogP) is 4.50. The fourth-order valence-electron chi connectivity index (χ4n) is 2.73. The van der Waals surface area contributed by atoms with Gasteiger partial charge in [0.15, 0.2) is 0 Å². The van der Waals surface area contributed by atoms with Crippen molar-refractivity contribution in [3.63, 3.8) is 0 Å².